The summed E-state index contributed by atoms with van der Waals surface area (Å²) in [5, 5.41) is 17.0. The number of carbonyl (C=O) groups excluding carboxylic acids is 1. The van der Waals surface area contributed by atoms with Crippen molar-refractivity contribution in [1.29, 1.82) is 0 Å². The second kappa shape index (κ2) is 14.1. The third-order valence-electron chi connectivity index (χ3n) is 6.97. The Bertz CT molecular complexity index is 1410. The number of aryl methyl sites for hydroxylation is 1. The highest BCUT2D eigenvalue weighted by molar-refractivity contribution is 7.89. The minimum atomic E-state index is -3.73. The lowest BCUT2D eigenvalue weighted by atomic mass is 10.00. The number of halogens is 2. The first-order valence-electron chi connectivity index (χ1n) is 13.6. The van der Waals surface area contributed by atoms with Crippen molar-refractivity contribution in [3.05, 3.63) is 101 Å². The first-order chi connectivity index (χ1) is 19.7. The number of amides is 1. The van der Waals surface area contributed by atoms with E-state index in [2.05, 4.69) is 23.6 Å². The number of hydrogen-bond acceptors (Lipinski definition) is 6. The maximum Gasteiger partial charge on any atom is 0.251 e. The van der Waals surface area contributed by atoms with Gasteiger partial charge >= 0.3 is 0 Å². The second-order valence-corrected chi connectivity index (χ2v) is 11.9. The van der Waals surface area contributed by atoms with E-state index in [1.54, 1.807) is 0 Å². The number of benzene rings is 3. The molecule has 1 heterocycles. The quantitative estimate of drug-likeness (QED) is 0.301. The van der Waals surface area contributed by atoms with Crippen molar-refractivity contribution < 1.29 is 31.8 Å². The third-order valence-corrected chi connectivity index (χ3v) is 8.88. The molecule has 2 atom stereocenters. The fraction of sp³-hybridized carbons (Fsp3) is 0.367. The van der Waals surface area contributed by atoms with Crippen molar-refractivity contribution in [3.8, 4) is 0 Å². The summed E-state index contributed by atoms with van der Waals surface area (Å²) in [5.74, 6) is -2.08. The number of carbonyl (C=O) groups is 1. The highest BCUT2D eigenvalue weighted by atomic mass is 32.2. The van der Waals surface area contributed by atoms with Crippen molar-refractivity contribution in [3.63, 3.8) is 0 Å². The number of sulfonamides is 1. The Labute approximate surface area is 239 Å². The molecular formula is C30H35F2N3O5S. The molecule has 220 valence electrons. The van der Waals surface area contributed by atoms with Crippen LogP contribution in [0.4, 0.5) is 8.78 Å². The van der Waals surface area contributed by atoms with Crippen LogP contribution < -0.4 is 10.6 Å². The van der Waals surface area contributed by atoms with Crippen LogP contribution in [0.15, 0.2) is 71.6 Å². The van der Waals surface area contributed by atoms with Gasteiger partial charge < -0.3 is 20.5 Å². The van der Waals surface area contributed by atoms with E-state index >= 15 is 0 Å². The molecule has 8 nitrogen and oxygen atoms in total. The molecule has 0 radical (unpaired) electrons. The molecule has 3 N–H and O–H groups in total. The minimum absolute atomic E-state index is 0.0297. The van der Waals surface area contributed by atoms with E-state index in [0.717, 1.165) is 30.2 Å². The van der Waals surface area contributed by atoms with Gasteiger partial charge in [-0.25, -0.2) is 17.2 Å². The summed E-state index contributed by atoms with van der Waals surface area (Å²) in [6.07, 6.45) is -0.229. The SMILES string of the molecule is CCc1cccc(CNC[C@H](O)[C@H](Cc2cc(F)cc(F)c2)NC(=O)c2ccc(S(=O)(=O)N3CCOCC3)cc2)c1. The zero-order valence-electron chi connectivity index (χ0n) is 22.9. The first-order valence-corrected chi connectivity index (χ1v) is 15.0. The molecule has 1 amide bonds. The third kappa shape index (κ3) is 8.40. The summed E-state index contributed by atoms with van der Waals surface area (Å²) in [6, 6.07) is 15.7. The van der Waals surface area contributed by atoms with Crippen LogP contribution in [0, 0.1) is 11.6 Å². The molecule has 0 bridgehead atoms. The largest absolute Gasteiger partial charge is 0.390 e. The normalized spacial score (nSPS) is 15.8. The van der Waals surface area contributed by atoms with Crippen LogP contribution in [0.5, 0.6) is 0 Å². The van der Waals surface area contributed by atoms with Gasteiger partial charge in [0.25, 0.3) is 5.91 Å². The first kappa shape index (κ1) is 30.7. The van der Waals surface area contributed by atoms with Gasteiger partial charge in [0.15, 0.2) is 0 Å². The summed E-state index contributed by atoms with van der Waals surface area (Å²) in [5.41, 5.74) is 2.68. The predicted molar refractivity (Wildman–Crippen MR) is 151 cm³/mol. The number of rotatable bonds is 12. The number of nitrogens with one attached hydrogen (secondary N) is 2. The predicted octanol–water partition coefficient (Wildman–Crippen LogP) is 3.04. The van der Waals surface area contributed by atoms with E-state index in [1.165, 1.54) is 34.1 Å². The summed E-state index contributed by atoms with van der Waals surface area (Å²) in [7, 11) is -3.73. The van der Waals surface area contributed by atoms with E-state index in [0.29, 0.717) is 19.8 Å². The van der Waals surface area contributed by atoms with Crippen molar-refractivity contribution >= 4 is 15.9 Å². The number of morpholine rings is 1. The highest BCUT2D eigenvalue weighted by Gasteiger charge is 2.27. The summed E-state index contributed by atoms with van der Waals surface area (Å²) in [4.78, 5) is 13.2. The molecule has 4 rings (SSSR count). The van der Waals surface area contributed by atoms with Crippen LogP contribution in [0.3, 0.4) is 0 Å². The number of aliphatic hydroxyl groups is 1. The lowest BCUT2D eigenvalue weighted by Gasteiger charge is -2.26. The van der Waals surface area contributed by atoms with Gasteiger partial charge in [-0.2, -0.15) is 4.31 Å². The number of ether oxygens (including phenoxy) is 1. The molecule has 3 aromatic carbocycles. The van der Waals surface area contributed by atoms with Crippen LogP contribution >= 0.6 is 0 Å². The Morgan fingerprint density at radius 2 is 1.63 bits per heavy atom. The van der Waals surface area contributed by atoms with Crippen LogP contribution in [0.2, 0.25) is 0 Å². The molecule has 0 spiro atoms. The highest BCUT2D eigenvalue weighted by Crippen LogP contribution is 2.18. The van der Waals surface area contributed by atoms with Crippen molar-refractivity contribution in [2.45, 2.75) is 43.4 Å². The average Bonchev–Trinajstić information content (AvgIpc) is 2.97. The molecule has 3 aromatic rings. The number of nitrogens with zero attached hydrogens (tertiary/aromatic N) is 1. The van der Waals surface area contributed by atoms with Gasteiger partial charge in [-0.15, -0.1) is 0 Å². The van der Waals surface area contributed by atoms with E-state index in [-0.39, 0.29) is 42.1 Å². The lowest BCUT2D eigenvalue weighted by Crippen LogP contribution is -2.48. The molecular weight excluding hydrogens is 552 g/mol. The lowest BCUT2D eigenvalue weighted by molar-refractivity contribution is 0.0730. The van der Waals surface area contributed by atoms with Crippen LogP contribution in [0.25, 0.3) is 0 Å². The molecule has 1 aliphatic heterocycles. The molecule has 0 unspecified atom stereocenters. The molecule has 0 saturated carbocycles. The van der Waals surface area contributed by atoms with Gasteiger partial charge in [0, 0.05) is 37.8 Å². The second-order valence-electron chi connectivity index (χ2n) is 9.97. The van der Waals surface area contributed by atoms with Gasteiger partial charge in [-0.05, 0) is 65.9 Å². The molecule has 41 heavy (non-hydrogen) atoms. The Kier molecular flexibility index (Phi) is 10.6. The summed E-state index contributed by atoms with van der Waals surface area (Å²) >= 11 is 0. The van der Waals surface area contributed by atoms with E-state index in [1.807, 2.05) is 18.2 Å². The molecule has 1 saturated heterocycles. The van der Waals surface area contributed by atoms with Gasteiger partial charge in [-0.3, -0.25) is 4.79 Å². The van der Waals surface area contributed by atoms with E-state index in [9.17, 15) is 27.1 Å². The maximum atomic E-state index is 13.9. The minimum Gasteiger partial charge on any atom is -0.390 e. The van der Waals surface area contributed by atoms with Crippen molar-refractivity contribution in [2.24, 2.45) is 0 Å². The smallest absolute Gasteiger partial charge is 0.251 e. The molecule has 1 aliphatic rings. The Morgan fingerprint density at radius 3 is 2.29 bits per heavy atom. The van der Waals surface area contributed by atoms with Crippen LogP contribution in [-0.2, 0) is 34.1 Å². The van der Waals surface area contributed by atoms with E-state index in [4.69, 9.17) is 4.74 Å². The summed E-state index contributed by atoms with van der Waals surface area (Å²) < 4.78 is 60.1. The Balaban J connectivity index is 1.46. The standard InChI is InChI=1S/C30H35F2N3O5S/c1-2-21-4-3-5-22(14-21)19-33-20-29(36)28(17-23-15-25(31)18-26(32)16-23)34-30(37)24-6-8-27(9-7-24)41(38,39)35-10-12-40-13-11-35/h3-9,14-16,18,28-29,33,36H,2,10-13,17,19-20H2,1H3,(H,34,37)/t28-,29-/m0/s1. The molecule has 0 aliphatic carbocycles. The van der Waals surface area contributed by atoms with Gasteiger partial charge in [-0.1, -0.05) is 31.2 Å². The van der Waals surface area contributed by atoms with Gasteiger partial charge in [0.1, 0.15) is 11.6 Å². The maximum absolute atomic E-state index is 13.9. The van der Waals surface area contributed by atoms with E-state index < -0.39 is 39.7 Å². The number of aliphatic hydroxyl groups excluding tert-OH is 1. The topological polar surface area (TPSA) is 108 Å². The molecule has 1 fully saturated rings. The van der Waals surface area contributed by atoms with Gasteiger partial charge in [0.05, 0.1) is 30.3 Å². The number of hydrogen-bond donors (Lipinski definition) is 3. The summed E-state index contributed by atoms with van der Waals surface area (Å²) in [6.45, 7) is 3.80. The van der Waals surface area contributed by atoms with Crippen LogP contribution in [-0.4, -0.2) is 68.7 Å². The Hall–Kier alpha value is -3.22. The Morgan fingerprint density at radius 1 is 0.976 bits per heavy atom. The van der Waals surface area contributed by atoms with Crippen molar-refractivity contribution in [2.75, 3.05) is 32.8 Å². The van der Waals surface area contributed by atoms with Gasteiger partial charge in [0.2, 0.25) is 10.0 Å². The average molecular weight is 588 g/mol. The van der Waals surface area contributed by atoms with Crippen LogP contribution in [0.1, 0.15) is 34.0 Å². The molecule has 0 aromatic heterocycles. The molecule has 11 heteroatoms. The fourth-order valence-corrected chi connectivity index (χ4v) is 6.11. The fourth-order valence-electron chi connectivity index (χ4n) is 4.70. The zero-order chi connectivity index (χ0) is 29.4. The monoisotopic (exact) mass is 587 g/mol. The van der Waals surface area contributed by atoms with Crippen molar-refractivity contribution in [1.82, 2.24) is 14.9 Å². The zero-order valence-corrected chi connectivity index (χ0v) is 23.7.